The average Bonchev–Trinajstić information content (AvgIpc) is 2.89. The summed E-state index contributed by atoms with van der Waals surface area (Å²) in [6.45, 7) is 0.543. The molecule has 18 heavy (non-hydrogen) atoms. The van der Waals surface area contributed by atoms with Crippen LogP contribution in [-0.2, 0) is 11.3 Å². The molecule has 2 aromatic rings. The summed E-state index contributed by atoms with van der Waals surface area (Å²) in [5.74, 6) is -0.0775. The Kier molecular flexibility index (Phi) is 4.73. The second-order valence-electron chi connectivity index (χ2n) is 3.69. The van der Waals surface area contributed by atoms with Crippen molar-refractivity contribution >= 4 is 39.2 Å². The van der Waals surface area contributed by atoms with Crippen LogP contribution in [-0.4, -0.2) is 5.91 Å². The maximum atomic E-state index is 11.6. The third-order valence-corrected chi connectivity index (χ3v) is 3.69. The zero-order valence-corrected chi connectivity index (χ0v) is 12.0. The SMILES string of the molecule is O=C(/C=C/c1cccs1)NCc1ccc(Br)cc1. The minimum atomic E-state index is -0.0775. The molecule has 2 nitrogen and oxygen atoms in total. The summed E-state index contributed by atoms with van der Waals surface area (Å²) in [6, 6.07) is 11.8. The van der Waals surface area contributed by atoms with Crippen molar-refractivity contribution in [3.63, 3.8) is 0 Å². The van der Waals surface area contributed by atoms with Gasteiger partial charge in [-0.1, -0.05) is 34.1 Å². The number of benzene rings is 1. The van der Waals surface area contributed by atoms with Gasteiger partial charge in [0.1, 0.15) is 0 Å². The fourth-order valence-electron chi connectivity index (χ4n) is 1.39. The summed E-state index contributed by atoms with van der Waals surface area (Å²) in [5.41, 5.74) is 1.08. The molecule has 0 spiro atoms. The average molecular weight is 322 g/mol. The molecule has 92 valence electrons. The van der Waals surface area contributed by atoms with Crippen LogP contribution in [0.25, 0.3) is 6.08 Å². The van der Waals surface area contributed by atoms with E-state index in [1.807, 2.05) is 47.9 Å². The second kappa shape index (κ2) is 6.52. The first-order chi connectivity index (χ1) is 8.74. The lowest BCUT2D eigenvalue weighted by atomic mass is 10.2. The van der Waals surface area contributed by atoms with Gasteiger partial charge in [-0.05, 0) is 35.2 Å². The minimum Gasteiger partial charge on any atom is -0.348 e. The molecule has 0 aliphatic rings. The zero-order chi connectivity index (χ0) is 12.8. The van der Waals surface area contributed by atoms with E-state index in [0.29, 0.717) is 6.54 Å². The number of halogens is 1. The van der Waals surface area contributed by atoms with Crippen molar-refractivity contribution < 1.29 is 4.79 Å². The van der Waals surface area contributed by atoms with Gasteiger partial charge in [0.25, 0.3) is 0 Å². The van der Waals surface area contributed by atoms with E-state index in [1.54, 1.807) is 17.4 Å². The van der Waals surface area contributed by atoms with E-state index in [0.717, 1.165) is 14.9 Å². The Morgan fingerprint density at radius 1 is 1.28 bits per heavy atom. The lowest BCUT2D eigenvalue weighted by molar-refractivity contribution is -0.116. The van der Waals surface area contributed by atoms with Gasteiger partial charge in [0.15, 0.2) is 0 Å². The standard InChI is InChI=1S/C14H12BrNOS/c15-12-5-3-11(4-6-12)10-16-14(17)8-7-13-2-1-9-18-13/h1-9H,10H2,(H,16,17)/b8-7+. The fraction of sp³-hybridized carbons (Fsp3) is 0.0714. The first kappa shape index (κ1) is 13.1. The third-order valence-electron chi connectivity index (χ3n) is 2.32. The van der Waals surface area contributed by atoms with Crippen molar-refractivity contribution in [2.24, 2.45) is 0 Å². The lowest BCUT2D eigenvalue weighted by Gasteiger charge is -2.02. The van der Waals surface area contributed by atoms with Crippen molar-refractivity contribution in [3.8, 4) is 0 Å². The van der Waals surface area contributed by atoms with E-state index in [2.05, 4.69) is 21.2 Å². The van der Waals surface area contributed by atoms with E-state index in [1.165, 1.54) is 0 Å². The van der Waals surface area contributed by atoms with E-state index in [9.17, 15) is 4.79 Å². The number of nitrogens with one attached hydrogen (secondary N) is 1. The van der Waals surface area contributed by atoms with Gasteiger partial charge in [-0.25, -0.2) is 0 Å². The normalized spacial score (nSPS) is 10.7. The van der Waals surface area contributed by atoms with Gasteiger partial charge in [-0.3, -0.25) is 4.79 Å². The Morgan fingerprint density at radius 3 is 2.72 bits per heavy atom. The smallest absolute Gasteiger partial charge is 0.244 e. The molecular weight excluding hydrogens is 310 g/mol. The maximum absolute atomic E-state index is 11.6. The molecule has 1 aromatic heterocycles. The van der Waals surface area contributed by atoms with Gasteiger partial charge < -0.3 is 5.32 Å². The van der Waals surface area contributed by atoms with Gasteiger partial charge >= 0.3 is 0 Å². The van der Waals surface area contributed by atoms with Crippen molar-refractivity contribution in [2.75, 3.05) is 0 Å². The van der Waals surface area contributed by atoms with E-state index in [4.69, 9.17) is 0 Å². The first-order valence-electron chi connectivity index (χ1n) is 5.48. The quantitative estimate of drug-likeness (QED) is 0.852. The van der Waals surface area contributed by atoms with Crippen molar-refractivity contribution in [3.05, 3.63) is 62.8 Å². The van der Waals surface area contributed by atoms with Crippen LogP contribution >= 0.6 is 27.3 Å². The molecule has 0 radical (unpaired) electrons. The molecular formula is C14H12BrNOS. The Morgan fingerprint density at radius 2 is 2.06 bits per heavy atom. The number of carbonyl (C=O) groups is 1. The molecule has 0 aliphatic carbocycles. The van der Waals surface area contributed by atoms with Crippen LogP contribution in [0.2, 0.25) is 0 Å². The van der Waals surface area contributed by atoms with Gasteiger partial charge in [0.2, 0.25) is 5.91 Å². The fourth-order valence-corrected chi connectivity index (χ4v) is 2.28. The van der Waals surface area contributed by atoms with Crippen molar-refractivity contribution in [1.82, 2.24) is 5.32 Å². The number of hydrogen-bond acceptors (Lipinski definition) is 2. The number of amides is 1. The Balaban J connectivity index is 1.83. The van der Waals surface area contributed by atoms with Gasteiger partial charge in [0.05, 0.1) is 0 Å². The van der Waals surface area contributed by atoms with E-state index < -0.39 is 0 Å². The van der Waals surface area contributed by atoms with E-state index in [-0.39, 0.29) is 5.91 Å². The Labute approximate surface area is 118 Å². The highest BCUT2D eigenvalue weighted by atomic mass is 79.9. The zero-order valence-electron chi connectivity index (χ0n) is 9.60. The molecule has 1 N–H and O–H groups in total. The highest BCUT2D eigenvalue weighted by Gasteiger charge is 1.97. The molecule has 4 heteroatoms. The molecule has 2 rings (SSSR count). The predicted octanol–water partition coefficient (Wildman–Crippen LogP) is 3.84. The summed E-state index contributed by atoms with van der Waals surface area (Å²) in [5, 5.41) is 4.83. The molecule has 0 saturated heterocycles. The topological polar surface area (TPSA) is 29.1 Å². The Hall–Kier alpha value is -1.39. The largest absolute Gasteiger partial charge is 0.348 e. The van der Waals surface area contributed by atoms with Gasteiger partial charge in [-0.2, -0.15) is 0 Å². The molecule has 0 bridgehead atoms. The molecule has 0 unspecified atom stereocenters. The summed E-state index contributed by atoms with van der Waals surface area (Å²) in [7, 11) is 0. The van der Waals surface area contributed by atoms with Crippen molar-refractivity contribution in [1.29, 1.82) is 0 Å². The molecule has 1 heterocycles. The van der Waals surface area contributed by atoms with Crippen LogP contribution in [0.5, 0.6) is 0 Å². The molecule has 1 aromatic carbocycles. The highest BCUT2D eigenvalue weighted by Crippen LogP contribution is 2.11. The van der Waals surface area contributed by atoms with Crippen LogP contribution in [0.3, 0.4) is 0 Å². The molecule has 0 saturated carbocycles. The van der Waals surface area contributed by atoms with Crippen LogP contribution < -0.4 is 5.32 Å². The minimum absolute atomic E-state index is 0.0775. The molecule has 1 amide bonds. The highest BCUT2D eigenvalue weighted by molar-refractivity contribution is 9.10. The summed E-state index contributed by atoms with van der Waals surface area (Å²) in [6.07, 6.45) is 3.38. The van der Waals surface area contributed by atoms with E-state index >= 15 is 0 Å². The second-order valence-corrected chi connectivity index (χ2v) is 5.59. The van der Waals surface area contributed by atoms with Crippen LogP contribution in [0.15, 0.2) is 52.3 Å². The molecule has 0 atom stereocenters. The third kappa shape index (κ3) is 4.13. The monoisotopic (exact) mass is 321 g/mol. The maximum Gasteiger partial charge on any atom is 0.244 e. The number of carbonyl (C=O) groups excluding carboxylic acids is 1. The summed E-state index contributed by atoms with van der Waals surface area (Å²) < 4.78 is 1.04. The predicted molar refractivity (Wildman–Crippen MR) is 79.3 cm³/mol. The number of hydrogen-bond donors (Lipinski definition) is 1. The van der Waals surface area contributed by atoms with Gasteiger partial charge in [-0.15, -0.1) is 11.3 Å². The van der Waals surface area contributed by atoms with Crippen molar-refractivity contribution in [2.45, 2.75) is 6.54 Å². The summed E-state index contributed by atoms with van der Waals surface area (Å²) in [4.78, 5) is 12.7. The molecule has 0 fully saturated rings. The molecule has 0 aliphatic heterocycles. The lowest BCUT2D eigenvalue weighted by Crippen LogP contribution is -2.20. The Bertz CT molecular complexity index is 531. The number of thiophene rings is 1. The van der Waals surface area contributed by atoms with Crippen LogP contribution in [0.4, 0.5) is 0 Å². The van der Waals surface area contributed by atoms with Crippen LogP contribution in [0, 0.1) is 0 Å². The summed E-state index contributed by atoms with van der Waals surface area (Å²) >= 11 is 4.98. The number of rotatable bonds is 4. The first-order valence-corrected chi connectivity index (χ1v) is 7.15. The van der Waals surface area contributed by atoms with Gasteiger partial charge in [0, 0.05) is 22.0 Å². The van der Waals surface area contributed by atoms with Crippen LogP contribution in [0.1, 0.15) is 10.4 Å².